The van der Waals surface area contributed by atoms with Gasteiger partial charge in [-0.15, -0.1) is 0 Å². The summed E-state index contributed by atoms with van der Waals surface area (Å²) in [5.74, 6) is -0.151. The zero-order chi connectivity index (χ0) is 52.7. The van der Waals surface area contributed by atoms with E-state index in [-0.39, 0.29) is 19.1 Å². The normalized spacial score (nSPS) is 14.0. The number of allylic oxidation sites excluding steroid dienone is 6. The number of likely N-dealkylation sites (N-methyl/N-ethyl adjacent to an activating group) is 1. The average molecular weight is 1040 g/mol. The van der Waals surface area contributed by atoms with Crippen LogP contribution >= 0.6 is 7.82 Å². The zero-order valence-electron chi connectivity index (χ0n) is 48.7. The minimum absolute atomic E-state index is 0.0725. The first-order chi connectivity index (χ1) is 35.0. The Balaban J connectivity index is 4.00. The third kappa shape index (κ3) is 56.4. The lowest BCUT2D eigenvalue weighted by Crippen LogP contribution is -2.46. The number of unbranched alkanes of at least 4 members (excludes halogenated alkanes) is 39. The molecule has 0 aromatic rings. The van der Waals surface area contributed by atoms with Crippen LogP contribution in [0.3, 0.4) is 0 Å². The molecule has 0 radical (unpaired) electrons. The molecule has 0 fully saturated rings. The molecule has 0 heterocycles. The Morgan fingerprint density at radius 2 is 0.833 bits per heavy atom. The molecule has 0 saturated heterocycles. The molecule has 8 nitrogen and oxygen atoms in total. The summed E-state index contributed by atoms with van der Waals surface area (Å²) >= 11 is 0. The van der Waals surface area contributed by atoms with Crippen LogP contribution in [0.5, 0.6) is 0 Å². The molecule has 0 saturated carbocycles. The molecule has 0 aromatic carbocycles. The number of nitrogens with zero attached hydrogens (tertiary/aromatic N) is 1. The average Bonchev–Trinajstić information content (AvgIpc) is 3.34. The van der Waals surface area contributed by atoms with E-state index < -0.39 is 20.0 Å². The van der Waals surface area contributed by atoms with Gasteiger partial charge in [-0.25, -0.2) is 4.57 Å². The summed E-state index contributed by atoms with van der Waals surface area (Å²) in [6, 6.07) is -0.767. The summed E-state index contributed by atoms with van der Waals surface area (Å²) in [4.78, 5) is 23.3. The molecule has 0 aliphatic heterocycles. The van der Waals surface area contributed by atoms with Crippen LogP contribution in [-0.2, 0) is 18.4 Å². The number of aliphatic hydroxyl groups excluding tert-OH is 1. The van der Waals surface area contributed by atoms with E-state index in [1.165, 1.54) is 218 Å². The molecule has 0 bridgehead atoms. The number of rotatable bonds is 58. The van der Waals surface area contributed by atoms with E-state index >= 15 is 0 Å². The first-order valence-corrected chi connectivity index (χ1v) is 32.8. The minimum atomic E-state index is -4.33. The van der Waals surface area contributed by atoms with Crippen LogP contribution in [0.1, 0.15) is 309 Å². The van der Waals surface area contributed by atoms with E-state index in [2.05, 4.69) is 55.6 Å². The number of carbonyl (C=O) groups excluding carboxylic acids is 1. The number of amides is 1. The molecule has 3 N–H and O–H groups in total. The highest BCUT2D eigenvalue weighted by atomic mass is 31.2. The molecule has 3 atom stereocenters. The van der Waals surface area contributed by atoms with Crippen LogP contribution in [0, 0.1) is 0 Å². The number of hydrogen-bond donors (Lipinski definition) is 3. The summed E-state index contributed by atoms with van der Waals surface area (Å²) in [6.07, 6.45) is 70.9. The highest BCUT2D eigenvalue weighted by Crippen LogP contribution is 2.43. The molecular formula is C63H124N2O6P+. The smallest absolute Gasteiger partial charge is 0.391 e. The maximum atomic E-state index is 13.0. The molecule has 0 rings (SSSR count). The van der Waals surface area contributed by atoms with Gasteiger partial charge >= 0.3 is 7.82 Å². The Morgan fingerprint density at radius 3 is 1.22 bits per heavy atom. The summed E-state index contributed by atoms with van der Waals surface area (Å²) in [7, 11) is 1.62. The minimum Gasteiger partial charge on any atom is -0.391 e. The van der Waals surface area contributed by atoms with Gasteiger partial charge in [0, 0.05) is 6.42 Å². The molecule has 0 aliphatic rings. The van der Waals surface area contributed by atoms with Gasteiger partial charge in [0.05, 0.1) is 39.9 Å². The molecular weight excluding hydrogens is 912 g/mol. The van der Waals surface area contributed by atoms with Gasteiger partial charge in [-0.05, 0) is 44.9 Å². The second-order valence-corrected chi connectivity index (χ2v) is 24.2. The SMILES string of the molecule is CC/C=C\C/C=C\C/C=C\CCCCCCCCCC(=O)NC(COP(=O)(O)OCC[N+](C)(C)C)C(O)CCCCCCCCCCCCCCCCCCCCCCCCCCCCCCCCCCC. The Morgan fingerprint density at radius 1 is 0.486 bits per heavy atom. The van der Waals surface area contributed by atoms with Gasteiger partial charge in [0.25, 0.3) is 0 Å². The van der Waals surface area contributed by atoms with Gasteiger partial charge in [-0.1, -0.05) is 294 Å². The second-order valence-electron chi connectivity index (χ2n) is 22.8. The van der Waals surface area contributed by atoms with Crippen molar-refractivity contribution < 1.29 is 32.9 Å². The number of quaternary nitrogens is 1. The molecule has 426 valence electrons. The van der Waals surface area contributed by atoms with Crippen molar-refractivity contribution in [1.29, 1.82) is 0 Å². The standard InChI is InChI=1S/C63H123N2O6P/c1-6-8-10-12-14-16-18-20-22-24-25-26-27-28-29-30-31-32-33-34-35-36-37-38-39-41-42-44-46-48-50-52-54-56-62(66)61(60-71-72(68,69)70-59-58-65(3,4)5)64-63(67)57-55-53-51-49-47-45-43-40-23-21-19-17-15-13-11-9-7-2/h9,11,15,17,21,23,61-62,66H,6-8,10,12-14,16,18-20,22,24-60H2,1-5H3,(H-,64,67,68,69)/p+1/b11-9-,17-15-,23-21-. The van der Waals surface area contributed by atoms with E-state index in [1.807, 2.05) is 21.1 Å². The number of phosphoric acid groups is 1. The van der Waals surface area contributed by atoms with E-state index in [4.69, 9.17) is 9.05 Å². The zero-order valence-corrected chi connectivity index (χ0v) is 49.6. The van der Waals surface area contributed by atoms with E-state index in [0.29, 0.717) is 23.9 Å². The maximum absolute atomic E-state index is 13.0. The Kier molecular flexibility index (Phi) is 53.5. The third-order valence-corrected chi connectivity index (χ3v) is 15.4. The Bertz CT molecular complexity index is 1270. The van der Waals surface area contributed by atoms with Gasteiger partial charge in [0.15, 0.2) is 0 Å². The fourth-order valence-electron chi connectivity index (χ4n) is 9.54. The number of hydrogen-bond acceptors (Lipinski definition) is 5. The number of nitrogens with one attached hydrogen (secondary N) is 1. The maximum Gasteiger partial charge on any atom is 0.472 e. The number of carbonyl (C=O) groups is 1. The lowest BCUT2D eigenvalue weighted by atomic mass is 10.0. The van der Waals surface area contributed by atoms with Crippen molar-refractivity contribution in [1.82, 2.24) is 5.32 Å². The number of aliphatic hydroxyl groups is 1. The molecule has 1 amide bonds. The lowest BCUT2D eigenvalue weighted by Gasteiger charge is -2.26. The van der Waals surface area contributed by atoms with Gasteiger partial charge in [0.2, 0.25) is 5.91 Å². The predicted molar refractivity (Wildman–Crippen MR) is 314 cm³/mol. The fourth-order valence-corrected chi connectivity index (χ4v) is 10.3. The summed E-state index contributed by atoms with van der Waals surface area (Å²) in [5.41, 5.74) is 0. The van der Waals surface area contributed by atoms with Gasteiger partial charge in [0.1, 0.15) is 13.2 Å². The monoisotopic (exact) mass is 1040 g/mol. The molecule has 72 heavy (non-hydrogen) atoms. The quantitative estimate of drug-likeness (QED) is 0.0243. The van der Waals surface area contributed by atoms with Crippen LogP contribution in [0.2, 0.25) is 0 Å². The summed E-state index contributed by atoms with van der Waals surface area (Å²) in [6.45, 7) is 4.81. The van der Waals surface area contributed by atoms with Crippen LogP contribution in [0.25, 0.3) is 0 Å². The Hall–Kier alpha value is -1.28. The van der Waals surface area contributed by atoms with Crippen molar-refractivity contribution >= 4 is 13.7 Å². The van der Waals surface area contributed by atoms with E-state index in [0.717, 1.165) is 64.2 Å². The summed E-state index contributed by atoms with van der Waals surface area (Å²) in [5, 5.41) is 14.1. The highest BCUT2D eigenvalue weighted by molar-refractivity contribution is 7.47. The topological polar surface area (TPSA) is 105 Å². The second kappa shape index (κ2) is 54.5. The molecule has 0 aliphatic carbocycles. The molecule has 9 heteroatoms. The van der Waals surface area contributed by atoms with E-state index in [1.54, 1.807) is 0 Å². The fraction of sp³-hybridized carbons (Fsp3) is 0.889. The molecule has 0 aromatic heterocycles. The van der Waals surface area contributed by atoms with Crippen molar-refractivity contribution in [3.63, 3.8) is 0 Å². The van der Waals surface area contributed by atoms with Gasteiger partial charge in [-0.3, -0.25) is 13.8 Å². The summed E-state index contributed by atoms with van der Waals surface area (Å²) < 4.78 is 23.8. The van der Waals surface area contributed by atoms with Crippen LogP contribution in [0.15, 0.2) is 36.5 Å². The molecule has 3 unspecified atom stereocenters. The van der Waals surface area contributed by atoms with Gasteiger partial charge in [-0.2, -0.15) is 0 Å². The third-order valence-electron chi connectivity index (χ3n) is 14.4. The highest BCUT2D eigenvalue weighted by Gasteiger charge is 2.28. The van der Waals surface area contributed by atoms with Crippen molar-refractivity contribution in [3.05, 3.63) is 36.5 Å². The van der Waals surface area contributed by atoms with Crippen molar-refractivity contribution in [2.24, 2.45) is 0 Å². The predicted octanol–water partition coefficient (Wildman–Crippen LogP) is 19.3. The van der Waals surface area contributed by atoms with Crippen LogP contribution in [0.4, 0.5) is 0 Å². The van der Waals surface area contributed by atoms with Crippen LogP contribution < -0.4 is 5.32 Å². The van der Waals surface area contributed by atoms with Crippen molar-refractivity contribution in [2.75, 3.05) is 40.9 Å². The first kappa shape index (κ1) is 70.7. The molecule has 0 spiro atoms. The van der Waals surface area contributed by atoms with Crippen molar-refractivity contribution in [2.45, 2.75) is 321 Å². The lowest BCUT2D eigenvalue weighted by molar-refractivity contribution is -0.870. The largest absolute Gasteiger partial charge is 0.472 e. The van der Waals surface area contributed by atoms with Gasteiger partial charge < -0.3 is 19.8 Å². The number of phosphoric ester groups is 1. The van der Waals surface area contributed by atoms with Crippen molar-refractivity contribution in [3.8, 4) is 0 Å². The van der Waals surface area contributed by atoms with E-state index in [9.17, 15) is 19.4 Å². The Labute approximate surface area is 448 Å². The van der Waals surface area contributed by atoms with Crippen LogP contribution in [-0.4, -0.2) is 73.4 Å². The first-order valence-electron chi connectivity index (χ1n) is 31.4.